The maximum absolute atomic E-state index is 11.5. The van der Waals surface area contributed by atoms with Crippen molar-refractivity contribution in [2.45, 2.75) is 32.0 Å². The topological polar surface area (TPSA) is 64.8 Å². The largest absolute Gasteiger partial charge is 0.300 e. The Kier molecular flexibility index (Phi) is 4.27. The highest BCUT2D eigenvalue weighted by Crippen LogP contribution is 2.19. The van der Waals surface area contributed by atoms with Gasteiger partial charge in [-0.25, -0.2) is 8.42 Å². The Hall–Kier alpha value is -0.920. The van der Waals surface area contributed by atoms with E-state index in [1.807, 2.05) is 30.7 Å². The van der Waals surface area contributed by atoms with E-state index in [-0.39, 0.29) is 11.1 Å². The number of thiophene rings is 1. The molecule has 0 aliphatic carbocycles. The first-order valence-corrected chi connectivity index (χ1v) is 9.01. The van der Waals surface area contributed by atoms with E-state index in [1.54, 1.807) is 15.9 Å². The number of hydrogen-bond acceptors (Lipinski definition) is 5. The van der Waals surface area contributed by atoms with Gasteiger partial charge in [-0.1, -0.05) is 13.8 Å². The summed E-state index contributed by atoms with van der Waals surface area (Å²) in [5, 5.41) is 11.5. The Morgan fingerprint density at radius 2 is 2.16 bits per heavy atom. The SMILES string of the molecule is CC(C)Cn1c(Cc2ccsc2)nnc1S(=O)(=O)Cl. The zero-order valence-electron chi connectivity index (χ0n) is 10.6. The van der Waals surface area contributed by atoms with Crippen LogP contribution in [0.1, 0.15) is 25.2 Å². The molecule has 8 heteroatoms. The lowest BCUT2D eigenvalue weighted by Crippen LogP contribution is -2.13. The first kappa shape index (κ1) is 14.5. The minimum atomic E-state index is -3.87. The maximum Gasteiger partial charge on any atom is 0.296 e. The lowest BCUT2D eigenvalue weighted by atomic mass is 10.2. The van der Waals surface area contributed by atoms with E-state index < -0.39 is 9.05 Å². The van der Waals surface area contributed by atoms with Crippen LogP contribution < -0.4 is 0 Å². The zero-order valence-corrected chi connectivity index (χ0v) is 13.0. The molecule has 0 saturated carbocycles. The molecule has 0 fully saturated rings. The molecule has 0 aliphatic rings. The lowest BCUT2D eigenvalue weighted by molar-refractivity contribution is 0.474. The highest BCUT2D eigenvalue weighted by atomic mass is 35.7. The Balaban J connectivity index is 2.41. The van der Waals surface area contributed by atoms with Crippen molar-refractivity contribution in [1.82, 2.24) is 14.8 Å². The minimum absolute atomic E-state index is 0.173. The van der Waals surface area contributed by atoms with Crippen molar-refractivity contribution in [1.29, 1.82) is 0 Å². The smallest absolute Gasteiger partial charge is 0.296 e. The molecule has 0 atom stereocenters. The molecule has 19 heavy (non-hydrogen) atoms. The van der Waals surface area contributed by atoms with Crippen LogP contribution in [0, 0.1) is 5.92 Å². The Labute approximate surface area is 120 Å². The van der Waals surface area contributed by atoms with E-state index in [9.17, 15) is 8.42 Å². The first-order chi connectivity index (χ1) is 8.88. The molecule has 0 amide bonds. The summed E-state index contributed by atoms with van der Waals surface area (Å²) in [5.41, 5.74) is 1.08. The van der Waals surface area contributed by atoms with E-state index in [1.165, 1.54) is 0 Å². The van der Waals surface area contributed by atoms with Crippen molar-refractivity contribution >= 4 is 31.1 Å². The summed E-state index contributed by atoms with van der Waals surface area (Å²) in [6.45, 7) is 4.52. The number of aromatic nitrogens is 3. The van der Waals surface area contributed by atoms with Gasteiger partial charge in [-0.15, -0.1) is 10.2 Å². The molecule has 0 saturated heterocycles. The summed E-state index contributed by atoms with van der Waals surface area (Å²) in [7, 11) is 1.52. The first-order valence-electron chi connectivity index (χ1n) is 5.75. The van der Waals surface area contributed by atoms with Crippen molar-refractivity contribution in [2.75, 3.05) is 0 Å². The quantitative estimate of drug-likeness (QED) is 0.794. The predicted octanol–water partition coefficient (Wildman–Crippen LogP) is 2.51. The van der Waals surface area contributed by atoms with Gasteiger partial charge in [0, 0.05) is 23.6 Å². The number of hydrogen-bond donors (Lipinski definition) is 0. The number of nitrogens with zero attached hydrogens (tertiary/aromatic N) is 3. The second-order valence-corrected chi connectivity index (χ2v) is 7.89. The summed E-state index contributed by atoms with van der Waals surface area (Å²) in [5.74, 6) is 0.890. The van der Waals surface area contributed by atoms with Crippen LogP contribution in [0.3, 0.4) is 0 Å². The van der Waals surface area contributed by atoms with Crippen molar-refractivity contribution in [3.8, 4) is 0 Å². The second kappa shape index (κ2) is 5.60. The molecule has 2 rings (SSSR count). The summed E-state index contributed by atoms with van der Waals surface area (Å²) in [6.07, 6.45) is 0.551. The average molecular weight is 320 g/mol. The van der Waals surface area contributed by atoms with Crippen molar-refractivity contribution < 1.29 is 8.42 Å². The molecule has 0 unspecified atom stereocenters. The molecule has 0 radical (unpaired) electrons. The van der Waals surface area contributed by atoms with Gasteiger partial charge < -0.3 is 4.57 Å². The van der Waals surface area contributed by atoms with Crippen molar-refractivity contribution in [2.24, 2.45) is 5.92 Å². The summed E-state index contributed by atoms with van der Waals surface area (Å²) in [6, 6.07) is 1.98. The average Bonchev–Trinajstić information content (AvgIpc) is 2.88. The molecule has 0 aliphatic heterocycles. The van der Waals surface area contributed by atoms with E-state index in [0.717, 1.165) is 5.56 Å². The summed E-state index contributed by atoms with van der Waals surface area (Å²) >= 11 is 1.59. The highest BCUT2D eigenvalue weighted by Gasteiger charge is 2.23. The zero-order chi connectivity index (χ0) is 14.0. The van der Waals surface area contributed by atoms with Crippen LogP contribution in [0.5, 0.6) is 0 Å². The second-order valence-electron chi connectivity index (χ2n) is 4.65. The fraction of sp³-hybridized carbons (Fsp3) is 0.455. The third-order valence-electron chi connectivity index (χ3n) is 2.50. The molecule has 0 aromatic carbocycles. The van der Waals surface area contributed by atoms with Crippen LogP contribution in [0.2, 0.25) is 0 Å². The highest BCUT2D eigenvalue weighted by molar-refractivity contribution is 8.13. The van der Waals surface area contributed by atoms with Crippen LogP contribution in [0.15, 0.2) is 22.0 Å². The predicted molar refractivity (Wildman–Crippen MR) is 75.0 cm³/mol. The van der Waals surface area contributed by atoms with Crippen LogP contribution in [0.25, 0.3) is 0 Å². The normalized spacial score (nSPS) is 12.2. The van der Waals surface area contributed by atoms with Crippen LogP contribution in [-0.2, 0) is 22.0 Å². The summed E-state index contributed by atoms with van der Waals surface area (Å²) < 4.78 is 24.6. The van der Waals surface area contributed by atoms with Crippen LogP contribution in [-0.4, -0.2) is 23.2 Å². The molecule has 2 aromatic heterocycles. The summed E-state index contributed by atoms with van der Waals surface area (Å²) in [4.78, 5) is 0. The Morgan fingerprint density at radius 3 is 2.68 bits per heavy atom. The maximum atomic E-state index is 11.5. The van der Waals surface area contributed by atoms with Gasteiger partial charge in [0.15, 0.2) is 0 Å². The fourth-order valence-corrected chi connectivity index (χ4v) is 3.35. The molecule has 5 nitrogen and oxygen atoms in total. The molecule has 104 valence electrons. The Morgan fingerprint density at radius 1 is 1.42 bits per heavy atom. The van der Waals surface area contributed by atoms with Crippen molar-refractivity contribution in [3.05, 3.63) is 28.2 Å². The standard InChI is InChI=1S/C11H14ClN3O2S2/c1-8(2)6-15-10(5-9-3-4-18-7-9)13-14-11(15)19(12,16)17/h3-4,7-8H,5-6H2,1-2H3. The van der Waals surface area contributed by atoms with E-state index in [2.05, 4.69) is 10.2 Å². The van der Waals surface area contributed by atoms with Crippen LogP contribution >= 0.6 is 22.0 Å². The molecule has 0 N–H and O–H groups in total. The van der Waals surface area contributed by atoms with E-state index >= 15 is 0 Å². The molecular formula is C11H14ClN3O2S2. The number of rotatable bonds is 5. The van der Waals surface area contributed by atoms with Crippen molar-refractivity contribution in [3.63, 3.8) is 0 Å². The van der Waals surface area contributed by atoms with Gasteiger partial charge >= 0.3 is 0 Å². The Bertz CT molecular complexity index is 648. The van der Waals surface area contributed by atoms with E-state index in [0.29, 0.717) is 18.8 Å². The van der Waals surface area contributed by atoms with Gasteiger partial charge in [0.05, 0.1) is 0 Å². The molecule has 2 aromatic rings. The fourth-order valence-electron chi connectivity index (χ4n) is 1.75. The van der Waals surface area contributed by atoms with Gasteiger partial charge in [0.2, 0.25) is 0 Å². The minimum Gasteiger partial charge on any atom is -0.300 e. The third kappa shape index (κ3) is 3.55. The van der Waals surface area contributed by atoms with Crippen LogP contribution in [0.4, 0.5) is 0 Å². The number of halogens is 1. The van der Waals surface area contributed by atoms with E-state index in [4.69, 9.17) is 10.7 Å². The van der Waals surface area contributed by atoms with Gasteiger partial charge in [-0.3, -0.25) is 0 Å². The third-order valence-corrected chi connectivity index (χ3v) is 4.39. The van der Waals surface area contributed by atoms with Gasteiger partial charge in [-0.05, 0) is 28.3 Å². The molecule has 0 bridgehead atoms. The van der Waals surface area contributed by atoms with Gasteiger partial charge in [0.1, 0.15) is 5.82 Å². The van der Waals surface area contributed by atoms with Gasteiger partial charge in [-0.2, -0.15) is 11.3 Å². The van der Waals surface area contributed by atoms with Gasteiger partial charge in [0.25, 0.3) is 14.2 Å². The molecule has 0 spiro atoms. The molecule has 2 heterocycles. The monoisotopic (exact) mass is 319 g/mol. The lowest BCUT2D eigenvalue weighted by Gasteiger charge is -2.10. The molecular weight excluding hydrogens is 306 g/mol.